The summed E-state index contributed by atoms with van der Waals surface area (Å²) in [6, 6.07) is 14.9. The van der Waals surface area contributed by atoms with Gasteiger partial charge in [-0.3, -0.25) is 9.59 Å². The number of alkyl carbamates (subject to hydrolysis) is 1. The van der Waals surface area contributed by atoms with E-state index in [1.54, 1.807) is 0 Å². The van der Waals surface area contributed by atoms with E-state index < -0.39 is 30.4 Å². The molecule has 0 aliphatic heterocycles. The van der Waals surface area contributed by atoms with E-state index in [9.17, 15) is 19.5 Å². The minimum atomic E-state index is -1.17. The van der Waals surface area contributed by atoms with E-state index in [1.807, 2.05) is 36.4 Å². The number of carboxylic acid groups (broad SMARTS) is 1. The number of rotatable bonds is 8. The second-order valence-corrected chi connectivity index (χ2v) is 9.72. The van der Waals surface area contributed by atoms with Crippen molar-refractivity contribution in [3.8, 4) is 11.1 Å². The van der Waals surface area contributed by atoms with Crippen LogP contribution in [0.15, 0.2) is 48.5 Å². The molecule has 178 valence electrons. The van der Waals surface area contributed by atoms with Crippen LogP contribution in [0, 0.1) is 17.8 Å². The molecule has 0 spiro atoms. The third-order valence-corrected chi connectivity index (χ3v) is 7.80. The van der Waals surface area contributed by atoms with E-state index in [4.69, 9.17) is 4.74 Å². The number of benzene rings is 2. The number of hydrogen-bond donors (Lipinski definition) is 3. The number of carbonyl (C=O) groups is 3. The van der Waals surface area contributed by atoms with E-state index in [1.165, 1.54) is 19.3 Å². The smallest absolute Gasteiger partial charge is 0.407 e. The van der Waals surface area contributed by atoms with E-state index in [0.717, 1.165) is 34.6 Å². The molecule has 2 aromatic rings. The summed E-state index contributed by atoms with van der Waals surface area (Å²) >= 11 is 0. The molecule has 2 fully saturated rings. The number of fused-ring (bicyclic) bond motifs is 4. The van der Waals surface area contributed by atoms with Gasteiger partial charge in [-0.05, 0) is 52.8 Å². The molecule has 5 rings (SSSR count). The zero-order chi connectivity index (χ0) is 23.7. The van der Waals surface area contributed by atoms with Crippen LogP contribution in [0.4, 0.5) is 4.79 Å². The lowest BCUT2D eigenvalue weighted by Crippen LogP contribution is -2.50. The first-order valence-electron chi connectivity index (χ1n) is 12.1. The molecule has 0 radical (unpaired) electrons. The van der Waals surface area contributed by atoms with Gasteiger partial charge >= 0.3 is 12.1 Å². The molecule has 3 N–H and O–H groups in total. The van der Waals surface area contributed by atoms with Gasteiger partial charge in [-0.15, -0.1) is 0 Å². The van der Waals surface area contributed by atoms with Crippen LogP contribution < -0.4 is 10.6 Å². The van der Waals surface area contributed by atoms with Crippen molar-refractivity contribution in [2.75, 3.05) is 13.2 Å². The molecule has 3 aliphatic rings. The fourth-order valence-corrected chi connectivity index (χ4v) is 6.10. The number of amides is 2. The van der Waals surface area contributed by atoms with Gasteiger partial charge in [0.25, 0.3) is 0 Å². The second-order valence-electron chi connectivity index (χ2n) is 9.72. The molecule has 34 heavy (non-hydrogen) atoms. The predicted octanol–water partition coefficient (Wildman–Crippen LogP) is 3.92. The lowest BCUT2D eigenvalue weighted by molar-refractivity contribution is -0.139. The minimum Gasteiger partial charge on any atom is -0.481 e. The Morgan fingerprint density at radius 3 is 2.32 bits per heavy atom. The molecule has 0 aromatic heterocycles. The molecule has 7 nitrogen and oxygen atoms in total. The van der Waals surface area contributed by atoms with Gasteiger partial charge in [-0.1, -0.05) is 61.4 Å². The highest BCUT2D eigenvalue weighted by Gasteiger charge is 2.43. The van der Waals surface area contributed by atoms with Crippen LogP contribution in [-0.4, -0.2) is 42.3 Å². The van der Waals surface area contributed by atoms with Gasteiger partial charge in [0.15, 0.2) is 0 Å². The van der Waals surface area contributed by atoms with E-state index >= 15 is 0 Å². The summed E-state index contributed by atoms with van der Waals surface area (Å²) in [4.78, 5) is 36.6. The fraction of sp³-hybridized carbons (Fsp3) is 0.444. The molecule has 7 heteroatoms. The van der Waals surface area contributed by atoms with Crippen molar-refractivity contribution in [1.29, 1.82) is 0 Å². The van der Waals surface area contributed by atoms with Crippen LogP contribution in [0.3, 0.4) is 0 Å². The van der Waals surface area contributed by atoms with Crippen LogP contribution in [0.1, 0.15) is 49.1 Å². The Kier molecular flexibility index (Phi) is 6.26. The summed E-state index contributed by atoms with van der Waals surface area (Å²) in [6.07, 6.45) is 3.58. The maximum absolute atomic E-state index is 12.7. The first-order valence-corrected chi connectivity index (χ1v) is 12.1. The Morgan fingerprint density at radius 1 is 1.00 bits per heavy atom. The van der Waals surface area contributed by atoms with Crippen molar-refractivity contribution in [3.05, 3.63) is 59.7 Å². The van der Waals surface area contributed by atoms with Gasteiger partial charge in [0.05, 0.1) is 6.42 Å². The molecule has 4 unspecified atom stereocenters. The van der Waals surface area contributed by atoms with Gasteiger partial charge in [-0.2, -0.15) is 0 Å². The van der Waals surface area contributed by atoms with Crippen molar-refractivity contribution in [1.82, 2.24) is 10.6 Å². The lowest BCUT2D eigenvalue weighted by Gasteiger charge is -2.40. The maximum Gasteiger partial charge on any atom is 0.407 e. The zero-order valence-electron chi connectivity index (χ0n) is 19.0. The van der Waals surface area contributed by atoms with Gasteiger partial charge in [0.1, 0.15) is 12.6 Å². The van der Waals surface area contributed by atoms with E-state index in [2.05, 4.69) is 22.8 Å². The molecular formula is C27H30N2O5. The number of nitrogens with one attached hydrogen (secondary N) is 2. The van der Waals surface area contributed by atoms with Gasteiger partial charge in [0.2, 0.25) is 5.91 Å². The van der Waals surface area contributed by atoms with Crippen molar-refractivity contribution in [2.24, 2.45) is 17.8 Å². The average molecular weight is 463 g/mol. The molecule has 0 saturated heterocycles. The highest BCUT2D eigenvalue weighted by Crippen LogP contribution is 2.50. The van der Waals surface area contributed by atoms with Crippen LogP contribution in [0.2, 0.25) is 0 Å². The molecule has 2 amide bonds. The van der Waals surface area contributed by atoms with Crippen molar-refractivity contribution < 1.29 is 24.2 Å². The predicted molar refractivity (Wildman–Crippen MR) is 126 cm³/mol. The van der Waals surface area contributed by atoms with E-state index in [0.29, 0.717) is 18.4 Å². The summed E-state index contributed by atoms with van der Waals surface area (Å²) in [5.41, 5.74) is 4.41. The highest BCUT2D eigenvalue weighted by molar-refractivity contribution is 5.89. The molecule has 4 atom stereocenters. The molecule has 2 saturated carbocycles. The number of carboxylic acids is 1. The molecule has 3 aliphatic carbocycles. The SMILES string of the molecule is O=C(O)CC(NC(=O)OCC1c2ccccc2-c2ccccc21)C(=O)NCC1CC2CCCC21. The van der Waals surface area contributed by atoms with Crippen LogP contribution in [0.25, 0.3) is 11.1 Å². The van der Waals surface area contributed by atoms with Crippen molar-refractivity contribution in [3.63, 3.8) is 0 Å². The maximum atomic E-state index is 12.7. The van der Waals surface area contributed by atoms with Gasteiger partial charge < -0.3 is 20.5 Å². The summed E-state index contributed by atoms with van der Waals surface area (Å²) < 4.78 is 5.49. The Hall–Kier alpha value is -3.35. The summed E-state index contributed by atoms with van der Waals surface area (Å²) in [7, 11) is 0. The van der Waals surface area contributed by atoms with Gasteiger partial charge in [0, 0.05) is 12.5 Å². The van der Waals surface area contributed by atoms with Crippen molar-refractivity contribution in [2.45, 2.75) is 44.1 Å². The fourth-order valence-electron chi connectivity index (χ4n) is 6.10. The summed E-state index contributed by atoms with van der Waals surface area (Å²) in [5.74, 6) is 0.180. The van der Waals surface area contributed by atoms with Crippen LogP contribution in [-0.2, 0) is 14.3 Å². The largest absolute Gasteiger partial charge is 0.481 e. The summed E-state index contributed by atoms with van der Waals surface area (Å²) in [6.45, 7) is 0.634. The topological polar surface area (TPSA) is 105 Å². The Labute approximate surface area is 198 Å². The molecular weight excluding hydrogens is 432 g/mol. The monoisotopic (exact) mass is 462 g/mol. The molecule has 0 heterocycles. The number of hydrogen-bond acceptors (Lipinski definition) is 4. The second kappa shape index (κ2) is 9.49. The lowest BCUT2D eigenvalue weighted by atomic mass is 9.67. The number of aliphatic carboxylic acids is 1. The first-order chi connectivity index (χ1) is 16.5. The zero-order valence-corrected chi connectivity index (χ0v) is 19.0. The molecule has 0 bridgehead atoms. The standard InChI is InChI=1S/C27H30N2O5/c30-25(31)13-24(26(32)28-14-17-12-16-6-5-11-18(16)17)29-27(33)34-15-23-21-9-3-1-7-19(21)20-8-2-4-10-22(20)23/h1-4,7-10,16-18,23-24H,5-6,11-15H2,(H,28,32)(H,29,33)(H,30,31). The third-order valence-electron chi connectivity index (χ3n) is 7.80. The quantitative estimate of drug-likeness (QED) is 0.552. The Morgan fingerprint density at radius 2 is 1.68 bits per heavy atom. The summed E-state index contributed by atoms with van der Waals surface area (Å²) in [5, 5.41) is 14.6. The van der Waals surface area contributed by atoms with Crippen LogP contribution >= 0.6 is 0 Å². The Balaban J connectivity index is 1.18. The Bertz CT molecular complexity index is 1050. The number of carbonyl (C=O) groups excluding carboxylic acids is 2. The third kappa shape index (κ3) is 4.39. The highest BCUT2D eigenvalue weighted by atomic mass is 16.5. The average Bonchev–Trinajstić information content (AvgIpc) is 3.35. The molecule has 2 aromatic carbocycles. The number of ether oxygens (including phenoxy) is 1. The van der Waals surface area contributed by atoms with Gasteiger partial charge in [-0.25, -0.2) is 4.79 Å². The minimum absolute atomic E-state index is 0.104. The van der Waals surface area contributed by atoms with Crippen molar-refractivity contribution >= 4 is 18.0 Å². The normalized spacial score (nSPS) is 23.1. The first kappa shape index (κ1) is 22.4. The van der Waals surface area contributed by atoms with E-state index in [-0.39, 0.29) is 12.5 Å². The van der Waals surface area contributed by atoms with Crippen LogP contribution in [0.5, 0.6) is 0 Å².